The number of hydrogen-bond acceptors (Lipinski definition) is 4. The molecule has 1 aliphatic rings. The van der Waals surface area contributed by atoms with Gasteiger partial charge in [-0.25, -0.2) is 4.79 Å². The molecular weight excluding hydrogens is 348 g/mol. The summed E-state index contributed by atoms with van der Waals surface area (Å²) < 4.78 is 5.18. The van der Waals surface area contributed by atoms with Crippen molar-refractivity contribution in [3.8, 4) is 5.75 Å². The number of rotatable bonds is 5. The van der Waals surface area contributed by atoms with Gasteiger partial charge in [-0.15, -0.1) is 0 Å². The van der Waals surface area contributed by atoms with Gasteiger partial charge in [0.25, 0.3) is 0 Å². The van der Waals surface area contributed by atoms with Gasteiger partial charge < -0.3 is 4.74 Å². The van der Waals surface area contributed by atoms with Crippen LogP contribution in [0.2, 0.25) is 0 Å². The zero-order valence-corrected chi connectivity index (χ0v) is 15.4. The maximum absolute atomic E-state index is 11.4. The van der Waals surface area contributed by atoms with Crippen molar-refractivity contribution < 1.29 is 9.53 Å². The van der Waals surface area contributed by atoms with E-state index in [0.29, 0.717) is 5.75 Å². The fourth-order valence-corrected chi connectivity index (χ4v) is 3.31. The lowest BCUT2D eigenvalue weighted by atomic mass is 9.98. The summed E-state index contributed by atoms with van der Waals surface area (Å²) in [5.41, 5.74) is 4.33. The minimum absolute atomic E-state index is 0.0711. The lowest BCUT2D eigenvalue weighted by Crippen LogP contribution is -2.18. The molecule has 0 spiro atoms. The van der Waals surface area contributed by atoms with Crippen LogP contribution in [-0.4, -0.2) is 11.7 Å². The molecule has 0 amide bonds. The van der Waals surface area contributed by atoms with Gasteiger partial charge in [-0.3, -0.25) is 5.01 Å². The van der Waals surface area contributed by atoms with Gasteiger partial charge in [-0.2, -0.15) is 5.10 Å². The number of carbonyl (C=O) groups excluding carboxylic acids is 1. The van der Waals surface area contributed by atoms with Crippen molar-refractivity contribution in [2.45, 2.75) is 12.5 Å². The zero-order chi connectivity index (χ0) is 19.3. The molecule has 1 atom stereocenters. The highest BCUT2D eigenvalue weighted by Gasteiger charge is 2.29. The summed E-state index contributed by atoms with van der Waals surface area (Å²) in [5, 5.41) is 6.98. The molecule has 138 valence electrons. The van der Waals surface area contributed by atoms with Crippen LogP contribution in [0.1, 0.15) is 23.6 Å². The number of esters is 1. The molecule has 3 aromatic rings. The van der Waals surface area contributed by atoms with Crippen molar-refractivity contribution in [2.75, 3.05) is 5.01 Å². The Bertz CT molecular complexity index is 996. The maximum Gasteiger partial charge on any atom is 0.335 e. The van der Waals surface area contributed by atoms with Crippen LogP contribution in [0, 0.1) is 0 Å². The van der Waals surface area contributed by atoms with E-state index in [1.54, 1.807) is 12.1 Å². The Balaban J connectivity index is 1.65. The molecule has 3 aromatic carbocycles. The normalized spacial score (nSPS) is 15.8. The van der Waals surface area contributed by atoms with Crippen molar-refractivity contribution in [1.82, 2.24) is 0 Å². The summed E-state index contributed by atoms with van der Waals surface area (Å²) in [5.74, 6) is 0.0383. The molecule has 1 heterocycles. The largest absolute Gasteiger partial charge is 0.423 e. The van der Waals surface area contributed by atoms with Gasteiger partial charge in [0.1, 0.15) is 5.75 Å². The molecule has 0 aliphatic carbocycles. The number of hydrogen-bond donors (Lipinski definition) is 0. The van der Waals surface area contributed by atoms with E-state index in [-0.39, 0.29) is 6.04 Å². The zero-order valence-electron chi connectivity index (χ0n) is 15.4. The Morgan fingerprint density at radius 1 is 0.964 bits per heavy atom. The Morgan fingerprint density at radius 3 is 2.25 bits per heavy atom. The van der Waals surface area contributed by atoms with Crippen LogP contribution >= 0.6 is 0 Å². The second kappa shape index (κ2) is 7.92. The van der Waals surface area contributed by atoms with E-state index in [1.807, 2.05) is 48.5 Å². The highest BCUT2D eigenvalue weighted by atomic mass is 16.5. The Kier molecular flexibility index (Phi) is 5.02. The third-order valence-corrected chi connectivity index (χ3v) is 4.69. The van der Waals surface area contributed by atoms with Gasteiger partial charge >= 0.3 is 5.97 Å². The van der Waals surface area contributed by atoms with Crippen LogP contribution in [0.4, 0.5) is 5.69 Å². The van der Waals surface area contributed by atoms with Crippen LogP contribution in [0.25, 0.3) is 0 Å². The standard InChI is InChI=1S/C24H20N2O2/c1-2-24(27)28-21-15-13-19(14-16-21)23-17-22(18-9-5-3-6-10-18)25-26(23)20-11-7-4-8-12-20/h2-16,23H,1,17H2. The van der Waals surface area contributed by atoms with E-state index in [0.717, 1.165) is 35.0 Å². The smallest absolute Gasteiger partial charge is 0.335 e. The van der Waals surface area contributed by atoms with Gasteiger partial charge in [0, 0.05) is 12.5 Å². The average Bonchev–Trinajstić information content (AvgIpc) is 3.21. The second-order valence-corrected chi connectivity index (χ2v) is 6.51. The van der Waals surface area contributed by atoms with E-state index in [2.05, 4.69) is 35.9 Å². The van der Waals surface area contributed by atoms with Crippen molar-refractivity contribution in [3.05, 3.63) is 109 Å². The molecule has 4 rings (SSSR count). The van der Waals surface area contributed by atoms with Gasteiger partial charge in [0.15, 0.2) is 0 Å². The molecule has 28 heavy (non-hydrogen) atoms. The topological polar surface area (TPSA) is 41.9 Å². The molecule has 1 unspecified atom stereocenters. The first kappa shape index (κ1) is 17.7. The van der Waals surface area contributed by atoms with Crippen LogP contribution in [0.3, 0.4) is 0 Å². The monoisotopic (exact) mass is 368 g/mol. The quantitative estimate of drug-likeness (QED) is 0.356. The molecule has 1 aliphatic heterocycles. The highest BCUT2D eigenvalue weighted by Crippen LogP contribution is 2.37. The first-order valence-electron chi connectivity index (χ1n) is 9.16. The third kappa shape index (κ3) is 3.71. The van der Waals surface area contributed by atoms with Gasteiger partial charge in [0.05, 0.1) is 17.4 Å². The predicted molar refractivity (Wildman–Crippen MR) is 112 cm³/mol. The van der Waals surface area contributed by atoms with Crippen LogP contribution < -0.4 is 9.75 Å². The first-order chi connectivity index (χ1) is 13.7. The van der Waals surface area contributed by atoms with Crippen molar-refractivity contribution in [2.24, 2.45) is 5.10 Å². The fourth-order valence-electron chi connectivity index (χ4n) is 3.31. The molecule has 0 bridgehead atoms. The molecule has 0 saturated heterocycles. The van der Waals surface area contributed by atoms with Crippen molar-refractivity contribution >= 4 is 17.4 Å². The number of hydrazone groups is 1. The number of anilines is 1. The highest BCUT2D eigenvalue weighted by molar-refractivity contribution is 6.03. The SMILES string of the molecule is C=CC(=O)Oc1ccc(C2CC(c3ccccc3)=NN2c2ccccc2)cc1. The second-order valence-electron chi connectivity index (χ2n) is 6.51. The Morgan fingerprint density at radius 2 is 1.61 bits per heavy atom. The molecule has 4 heteroatoms. The summed E-state index contributed by atoms with van der Waals surface area (Å²) in [6.07, 6.45) is 1.95. The van der Waals surface area contributed by atoms with E-state index >= 15 is 0 Å². The van der Waals surface area contributed by atoms with Crippen LogP contribution in [-0.2, 0) is 4.79 Å². The fraction of sp³-hybridized carbons (Fsp3) is 0.0833. The summed E-state index contributed by atoms with van der Waals surface area (Å²) in [4.78, 5) is 11.4. The van der Waals surface area contributed by atoms with Crippen molar-refractivity contribution in [1.29, 1.82) is 0 Å². The Labute approximate surface area is 164 Å². The lowest BCUT2D eigenvalue weighted by molar-refractivity contribution is -0.128. The van der Waals surface area contributed by atoms with Crippen LogP contribution in [0.15, 0.2) is 103 Å². The third-order valence-electron chi connectivity index (χ3n) is 4.69. The van der Waals surface area contributed by atoms with E-state index in [1.165, 1.54) is 0 Å². The molecule has 0 fully saturated rings. The van der Waals surface area contributed by atoms with E-state index in [4.69, 9.17) is 9.84 Å². The molecule has 0 radical (unpaired) electrons. The minimum Gasteiger partial charge on any atom is -0.423 e. The van der Waals surface area contributed by atoms with Gasteiger partial charge in [0.2, 0.25) is 0 Å². The van der Waals surface area contributed by atoms with E-state index < -0.39 is 5.97 Å². The number of benzene rings is 3. The predicted octanol–water partition coefficient (Wildman–Crippen LogP) is 5.13. The maximum atomic E-state index is 11.4. The molecule has 0 saturated carbocycles. The van der Waals surface area contributed by atoms with Gasteiger partial charge in [-0.05, 0) is 35.4 Å². The Hall–Kier alpha value is -3.66. The number of ether oxygens (including phenoxy) is 1. The molecule has 0 N–H and O–H groups in total. The lowest BCUT2D eigenvalue weighted by Gasteiger charge is -2.24. The molecular formula is C24H20N2O2. The number of carbonyl (C=O) groups is 1. The average molecular weight is 368 g/mol. The van der Waals surface area contributed by atoms with Crippen molar-refractivity contribution in [3.63, 3.8) is 0 Å². The van der Waals surface area contributed by atoms with Gasteiger partial charge in [-0.1, -0.05) is 67.2 Å². The summed E-state index contributed by atoms with van der Waals surface area (Å²) >= 11 is 0. The molecule has 0 aromatic heterocycles. The minimum atomic E-state index is -0.464. The first-order valence-corrected chi connectivity index (χ1v) is 9.16. The van der Waals surface area contributed by atoms with Crippen LogP contribution in [0.5, 0.6) is 5.75 Å². The molecule has 4 nitrogen and oxygen atoms in total. The summed E-state index contributed by atoms with van der Waals surface area (Å²) in [6.45, 7) is 3.42. The number of para-hydroxylation sites is 1. The van der Waals surface area contributed by atoms with E-state index in [9.17, 15) is 4.79 Å². The summed E-state index contributed by atoms with van der Waals surface area (Å²) in [6, 6.07) is 28.0. The number of nitrogens with zero attached hydrogens (tertiary/aromatic N) is 2. The summed E-state index contributed by atoms with van der Waals surface area (Å²) in [7, 11) is 0.